The second-order valence-corrected chi connectivity index (χ2v) is 10.1. The van der Waals surface area contributed by atoms with Crippen LogP contribution < -0.4 is 5.73 Å². The minimum atomic E-state index is 0.554. The van der Waals surface area contributed by atoms with E-state index in [4.69, 9.17) is 5.73 Å². The minimum absolute atomic E-state index is 0.554. The van der Waals surface area contributed by atoms with E-state index in [0.717, 1.165) is 44.7 Å². The molecule has 3 nitrogen and oxygen atoms in total. The van der Waals surface area contributed by atoms with Gasteiger partial charge in [-0.2, -0.15) is 0 Å². The molecule has 0 spiro atoms. The van der Waals surface area contributed by atoms with Crippen LogP contribution >= 0.6 is 0 Å². The maximum Gasteiger partial charge on any atom is 0.0423 e. The summed E-state index contributed by atoms with van der Waals surface area (Å²) in [5.41, 5.74) is 15.0. The van der Waals surface area contributed by atoms with Gasteiger partial charge in [-0.25, -0.2) is 0 Å². The summed E-state index contributed by atoms with van der Waals surface area (Å²) in [5, 5.41) is 0. The SMILES string of the molecule is C=C(C)c1ccc(CN(\C=C/C(C)=C(/C=C\N)C2CCN(Cc3ccc(CC)cc3)CC2)CC)cc1. The molecule has 1 aliphatic rings. The van der Waals surface area contributed by atoms with E-state index in [1.807, 2.05) is 6.92 Å². The van der Waals surface area contributed by atoms with Crippen molar-refractivity contribution >= 4 is 5.57 Å². The Morgan fingerprint density at radius 1 is 0.944 bits per heavy atom. The average Bonchev–Trinajstić information content (AvgIpc) is 2.90. The Balaban J connectivity index is 1.61. The van der Waals surface area contributed by atoms with E-state index in [1.165, 1.54) is 46.2 Å². The van der Waals surface area contributed by atoms with E-state index in [0.29, 0.717) is 5.92 Å². The smallest absolute Gasteiger partial charge is 0.0423 e. The lowest BCUT2D eigenvalue weighted by atomic mass is 9.86. The lowest BCUT2D eigenvalue weighted by molar-refractivity contribution is 0.192. The Morgan fingerprint density at radius 2 is 1.56 bits per heavy atom. The summed E-state index contributed by atoms with van der Waals surface area (Å²) in [6.07, 6.45) is 11.8. The number of nitrogens with zero attached hydrogens (tertiary/aromatic N) is 2. The van der Waals surface area contributed by atoms with Gasteiger partial charge < -0.3 is 10.6 Å². The number of piperidine rings is 1. The zero-order valence-electron chi connectivity index (χ0n) is 22.8. The molecule has 2 aromatic carbocycles. The second-order valence-electron chi connectivity index (χ2n) is 10.1. The van der Waals surface area contributed by atoms with E-state index in [-0.39, 0.29) is 0 Å². The molecule has 0 amide bonds. The van der Waals surface area contributed by atoms with Crippen LogP contribution in [0.15, 0.2) is 90.8 Å². The quantitative estimate of drug-likeness (QED) is 0.340. The first-order valence-corrected chi connectivity index (χ1v) is 13.5. The highest BCUT2D eigenvalue weighted by molar-refractivity contribution is 5.61. The molecule has 1 saturated heterocycles. The summed E-state index contributed by atoms with van der Waals surface area (Å²) in [6.45, 7) is 17.9. The lowest BCUT2D eigenvalue weighted by Gasteiger charge is -2.33. The van der Waals surface area contributed by atoms with Crippen molar-refractivity contribution in [1.29, 1.82) is 0 Å². The van der Waals surface area contributed by atoms with Gasteiger partial charge in [0.1, 0.15) is 0 Å². The second kappa shape index (κ2) is 13.9. The van der Waals surface area contributed by atoms with Crippen molar-refractivity contribution in [1.82, 2.24) is 9.80 Å². The Labute approximate surface area is 219 Å². The van der Waals surface area contributed by atoms with Gasteiger partial charge >= 0.3 is 0 Å². The number of hydrogen-bond donors (Lipinski definition) is 1. The molecule has 0 radical (unpaired) electrons. The fourth-order valence-electron chi connectivity index (χ4n) is 4.95. The van der Waals surface area contributed by atoms with Crippen LogP contribution in [0.25, 0.3) is 5.57 Å². The van der Waals surface area contributed by atoms with Crippen LogP contribution in [0.4, 0.5) is 0 Å². The molecule has 3 rings (SSSR count). The maximum atomic E-state index is 5.88. The Hall–Kier alpha value is -3.04. The van der Waals surface area contributed by atoms with Gasteiger partial charge in [0.05, 0.1) is 0 Å². The van der Waals surface area contributed by atoms with Crippen molar-refractivity contribution < 1.29 is 0 Å². The molecule has 1 heterocycles. The van der Waals surface area contributed by atoms with Crippen LogP contribution in [0.1, 0.15) is 62.8 Å². The summed E-state index contributed by atoms with van der Waals surface area (Å²) in [4.78, 5) is 4.94. The molecule has 0 atom stereocenters. The fraction of sp³-hybridized carbons (Fsp3) is 0.394. The highest BCUT2D eigenvalue weighted by Gasteiger charge is 2.22. The summed E-state index contributed by atoms with van der Waals surface area (Å²) in [5.74, 6) is 0.554. The number of hydrogen-bond acceptors (Lipinski definition) is 3. The number of rotatable bonds is 11. The first-order chi connectivity index (χ1) is 17.4. The average molecular weight is 484 g/mol. The van der Waals surface area contributed by atoms with Crippen molar-refractivity contribution in [3.63, 3.8) is 0 Å². The molecule has 0 saturated carbocycles. The molecule has 0 aliphatic carbocycles. The Kier molecular flexibility index (Phi) is 10.6. The van der Waals surface area contributed by atoms with Crippen molar-refractivity contribution in [2.75, 3.05) is 19.6 Å². The molecule has 192 valence electrons. The van der Waals surface area contributed by atoms with Crippen molar-refractivity contribution in [3.05, 3.63) is 113 Å². The van der Waals surface area contributed by atoms with Gasteiger partial charge in [0.2, 0.25) is 0 Å². The van der Waals surface area contributed by atoms with E-state index in [2.05, 4.69) is 104 Å². The van der Waals surface area contributed by atoms with Crippen LogP contribution in [0.3, 0.4) is 0 Å². The topological polar surface area (TPSA) is 32.5 Å². The molecule has 36 heavy (non-hydrogen) atoms. The number of likely N-dealkylation sites (tertiary alicyclic amines) is 1. The van der Waals surface area contributed by atoms with Gasteiger partial charge in [0.25, 0.3) is 0 Å². The maximum absolute atomic E-state index is 5.88. The van der Waals surface area contributed by atoms with E-state index < -0.39 is 0 Å². The summed E-state index contributed by atoms with van der Waals surface area (Å²) < 4.78 is 0. The molecule has 3 heteroatoms. The van der Waals surface area contributed by atoms with Gasteiger partial charge in [-0.3, -0.25) is 4.90 Å². The molecule has 0 aromatic heterocycles. The molecule has 2 aromatic rings. The third-order valence-electron chi connectivity index (χ3n) is 7.37. The van der Waals surface area contributed by atoms with Crippen LogP contribution in [-0.4, -0.2) is 29.4 Å². The zero-order valence-corrected chi connectivity index (χ0v) is 22.8. The predicted molar refractivity (Wildman–Crippen MR) is 156 cm³/mol. The van der Waals surface area contributed by atoms with Crippen LogP contribution in [-0.2, 0) is 19.5 Å². The van der Waals surface area contributed by atoms with Crippen LogP contribution in [0.2, 0.25) is 0 Å². The first-order valence-electron chi connectivity index (χ1n) is 13.5. The third kappa shape index (κ3) is 7.99. The minimum Gasteiger partial charge on any atom is -0.405 e. The van der Waals surface area contributed by atoms with Gasteiger partial charge in [0.15, 0.2) is 0 Å². The van der Waals surface area contributed by atoms with Crippen LogP contribution in [0, 0.1) is 5.92 Å². The van der Waals surface area contributed by atoms with Gasteiger partial charge in [-0.15, -0.1) is 0 Å². The molecule has 2 N–H and O–H groups in total. The molecule has 0 bridgehead atoms. The fourth-order valence-corrected chi connectivity index (χ4v) is 4.95. The van der Waals surface area contributed by atoms with Gasteiger partial charge in [0, 0.05) is 19.6 Å². The summed E-state index contributed by atoms with van der Waals surface area (Å²) >= 11 is 0. The molecule has 0 unspecified atom stereocenters. The van der Waals surface area contributed by atoms with Crippen molar-refractivity contribution in [3.8, 4) is 0 Å². The first kappa shape index (κ1) is 27.5. The lowest BCUT2D eigenvalue weighted by Crippen LogP contribution is -2.33. The highest BCUT2D eigenvalue weighted by atomic mass is 15.1. The summed E-state index contributed by atoms with van der Waals surface area (Å²) in [6, 6.07) is 17.8. The normalized spacial score (nSPS) is 16.0. The van der Waals surface area contributed by atoms with E-state index in [9.17, 15) is 0 Å². The van der Waals surface area contributed by atoms with Gasteiger partial charge in [-0.1, -0.05) is 67.6 Å². The Bertz CT molecular complexity index is 1050. The van der Waals surface area contributed by atoms with E-state index in [1.54, 1.807) is 6.20 Å². The number of benzene rings is 2. The zero-order chi connectivity index (χ0) is 25.9. The van der Waals surface area contributed by atoms with Crippen molar-refractivity contribution in [2.45, 2.75) is 60.0 Å². The monoisotopic (exact) mass is 483 g/mol. The number of aryl methyl sites for hydroxylation is 1. The van der Waals surface area contributed by atoms with E-state index >= 15 is 0 Å². The highest BCUT2D eigenvalue weighted by Crippen LogP contribution is 2.29. The van der Waals surface area contributed by atoms with Gasteiger partial charge in [-0.05, 0) is 117 Å². The molecule has 1 aliphatic heterocycles. The molecular weight excluding hydrogens is 438 g/mol. The Morgan fingerprint density at radius 3 is 2.11 bits per heavy atom. The standard InChI is InChI=1S/C33H45N3/c1-6-28-8-10-29(11-9-28)25-36-22-18-32(19-23-36)33(16-20-34)27(5)17-21-35(7-2)24-30-12-14-31(15-13-30)26(3)4/h8-17,20-21,32H,3,6-7,18-19,22-25,34H2,1-2,4-5H3/b20-16-,21-17-,33-27-. The molecule has 1 fully saturated rings. The largest absolute Gasteiger partial charge is 0.405 e. The predicted octanol–water partition coefficient (Wildman–Crippen LogP) is 7.32. The number of allylic oxidation sites excluding steroid dienone is 5. The van der Waals surface area contributed by atoms with Crippen LogP contribution in [0.5, 0.6) is 0 Å². The third-order valence-corrected chi connectivity index (χ3v) is 7.37. The molecular formula is C33H45N3. The number of nitrogens with two attached hydrogens (primary N) is 1. The van der Waals surface area contributed by atoms with Crippen molar-refractivity contribution in [2.24, 2.45) is 11.7 Å². The summed E-state index contributed by atoms with van der Waals surface area (Å²) in [7, 11) is 0.